The van der Waals surface area contributed by atoms with E-state index in [1.165, 1.54) is 30.6 Å². The number of para-hydroxylation sites is 1. The molecule has 1 saturated heterocycles. The lowest BCUT2D eigenvalue weighted by molar-refractivity contribution is 0.0892. The highest BCUT2D eigenvalue weighted by Crippen LogP contribution is 2.24. The Morgan fingerprint density at radius 1 is 1.11 bits per heavy atom. The number of aliphatic hydroxyl groups is 1. The van der Waals surface area contributed by atoms with Gasteiger partial charge in [0.15, 0.2) is 5.78 Å². The van der Waals surface area contributed by atoms with Crippen molar-refractivity contribution >= 4 is 34.1 Å². The van der Waals surface area contributed by atoms with Gasteiger partial charge in [0, 0.05) is 35.8 Å². The second-order valence-electron chi connectivity index (χ2n) is 7.44. The molecule has 1 fully saturated rings. The molecule has 0 saturated carbocycles. The maximum Gasteiger partial charge on any atom is 0.195 e. The lowest BCUT2D eigenvalue weighted by Crippen LogP contribution is -2.37. The number of β-amino-alcohol motifs (C(OH)–C–C–N with tert-alkyl or cyclic N) is 1. The minimum Gasteiger partial charge on any atom is -0.390 e. The summed E-state index contributed by atoms with van der Waals surface area (Å²) in [6.07, 6.45) is 8.92. The number of fused-ring (bicyclic) bond motifs is 1. The summed E-state index contributed by atoms with van der Waals surface area (Å²) in [6, 6.07) is 11.9. The largest absolute Gasteiger partial charge is 0.390 e. The molecule has 1 aliphatic heterocycles. The number of hydrogen-bond donors (Lipinski definition) is 1. The lowest BCUT2D eigenvalue weighted by atomic mass is 10.1. The first-order valence-corrected chi connectivity index (χ1v) is 10.8. The highest BCUT2D eigenvalue weighted by molar-refractivity contribution is 7.12. The first-order chi connectivity index (χ1) is 13.7. The number of ketones is 1. The molecule has 3 heterocycles. The number of thiophene rings is 1. The molecule has 5 heteroatoms. The Hall–Kier alpha value is -2.21. The maximum atomic E-state index is 12.3. The van der Waals surface area contributed by atoms with Crippen molar-refractivity contribution in [1.29, 1.82) is 0 Å². The summed E-state index contributed by atoms with van der Waals surface area (Å²) in [5.41, 5.74) is 2.09. The van der Waals surface area contributed by atoms with E-state index in [0.29, 0.717) is 13.1 Å². The van der Waals surface area contributed by atoms with Gasteiger partial charge >= 0.3 is 0 Å². The van der Waals surface area contributed by atoms with Gasteiger partial charge < -0.3 is 14.6 Å². The number of rotatable bonds is 7. The van der Waals surface area contributed by atoms with Gasteiger partial charge in [0.25, 0.3) is 0 Å². The standard InChI is InChI=1S/C23H26N2O2S/c26-19(16-24-12-4-1-5-13-24)17-25-15-18(20-7-2-3-8-21(20)25)10-11-22(27)23-9-6-14-28-23/h2-3,6-11,14-15,19,26H,1,4-5,12-13,16-17H2/b11-10+/t19-/m1/s1. The smallest absolute Gasteiger partial charge is 0.195 e. The minimum atomic E-state index is -0.404. The molecular formula is C23H26N2O2S. The number of carbonyl (C=O) groups is 1. The van der Waals surface area contributed by atoms with Gasteiger partial charge in [-0.15, -0.1) is 11.3 Å². The van der Waals surface area contributed by atoms with Crippen molar-refractivity contribution in [3.8, 4) is 0 Å². The molecule has 0 aliphatic carbocycles. The Bertz CT molecular complexity index is 952. The monoisotopic (exact) mass is 394 g/mol. The predicted molar refractivity (Wildman–Crippen MR) is 116 cm³/mol. The van der Waals surface area contributed by atoms with E-state index in [-0.39, 0.29) is 5.78 Å². The van der Waals surface area contributed by atoms with Crippen LogP contribution >= 0.6 is 11.3 Å². The van der Waals surface area contributed by atoms with Crippen LogP contribution in [-0.4, -0.2) is 46.1 Å². The summed E-state index contributed by atoms with van der Waals surface area (Å²) in [5.74, 6) is 0.0250. The van der Waals surface area contributed by atoms with Crippen LogP contribution < -0.4 is 0 Å². The van der Waals surface area contributed by atoms with Crippen LogP contribution in [0.3, 0.4) is 0 Å². The van der Waals surface area contributed by atoms with E-state index in [0.717, 1.165) is 34.4 Å². The van der Waals surface area contributed by atoms with E-state index in [2.05, 4.69) is 21.6 Å². The summed E-state index contributed by atoms with van der Waals surface area (Å²) < 4.78 is 2.11. The number of benzene rings is 1. The summed E-state index contributed by atoms with van der Waals surface area (Å²) >= 11 is 1.46. The van der Waals surface area contributed by atoms with Crippen molar-refractivity contribution in [2.75, 3.05) is 19.6 Å². The van der Waals surface area contributed by atoms with E-state index in [1.807, 2.05) is 41.9 Å². The highest BCUT2D eigenvalue weighted by atomic mass is 32.1. The first-order valence-electron chi connectivity index (χ1n) is 9.95. The van der Waals surface area contributed by atoms with Crippen molar-refractivity contribution in [3.05, 3.63) is 64.5 Å². The predicted octanol–water partition coefficient (Wildman–Crippen LogP) is 4.45. The van der Waals surface area contributed by atoms with Crippen molar-refractivity contribution < 1.29 is 9.90 Å². The summed E-state index contributed by atoms with van der Waals surface area (Å²) in [4.78, 5) is 15.4. The maximum absolute atomic E-state index is 12.3. The minimum absolute atomic E-state index is 0.0250. The molecular weight excluding hydrogens is 368 g/mol. The van der Waals surface area contributed by atoms with Crippen LogP contribution in [-0.2, 0) is 6.54 Å². The van der Waals surface area contributed by atoms with Crippen LogP contribution in [0.15, 0.2) is 54.1 Å². The molecule has 0 radical (unpaired) electrons. The first kappa shape index (κ1) is 19.1. The molecule has 1 N–H and O–H groups in total. The van der Waals surface area contributed by atoms with Crippen LogP contribution in [0.2, 0.25) is 0 Å². The number of aliphatic hydroxyl groups excluding tert-OH is 1. The zero-order valence-electron chi connectivity index (χ0n) is 16.0. The second kappa shape index (κ2) is 8.86. The third-order valence-corrected chi connectivity index (χ3v) is 6.21. The molecule has 1 aliphatic rings. The molecule has 3 aromatic rings. The highest BCUT2D eigenvalue weighted by Gasteiger charge is 2.16. The summed E-state index contributed by atoms with van der Waals surface area (Å²) in [5, 5.41) is 13.6. The third kappa shape index (κ3) is 4.43. The molecule has 28 heavy (non-hydrogen) atoms. The number of piperidine rings is 1. The Labute approximate surface area is 169 Å². The van der Waals surface area contributed by atoms with Gasteiger partial charge in [0.2, 0.25) is 0 Å². The molecule has 4 nitrogen and oxygen atoms in total. The van der Waals surface area contributed by atoms with E-state index in [9.17, 15) is 9.90 Å². The zero-order valence-corrected chi connectivity index (χ0v) is 16.8. The van der Waals surface area contributed by atoms with Crippen molar-refractivity contribution in [1.82, 2.24) is 9.47 Å². The quantitative estimate of drug-likeness (QED) is 0.476. The number of nitrogens with zero attached hydrogens (tertiary/aromatic N) is 2. The van der Waals surface area contributed by atoms with Crippen molar-refractivity contribution in [2.24, 2.45) is 0 Å². The molecule has 1 aromatic carbocycles. The molecule has 4 rings (SSSR count). The molecule has 0 bridgehead atoms. The van der Waals surface area contributed by atoms with Gasteiger partial charge in [0.05, 0.1) is 11.0 Å². The zero-order chi connectivity index (χ0) is 19.3. The molecule has 1 atom stereocenters. The number of allylic oxidation sites excluding steroid dienone is 1. The Kier molecular flexibility index (Phi) is 6.05. The van der Waals surface area contributed by atoms with Gasteiger partial charge in [-0.2, -0.15) is 0 Å². The Morgan fingerprint density at radius 2 is 1.93 bits per heavy atom. The topological polar surface area (TPSA) is 45.5 Å². The normalized spacial score (nSPS) is 16.8. The fourth-order valence-corrected chi connectivity index (χ4v) is 4.60. The van der Waals surface area contributed by atoms with Crippen LogP contribution in [0.25, 0.3) is 17.0 Å². The van der Waals surface area contributed by atoms with Crippen LogP contribution in [0.1, 0.15) is 34.5 Å². The summed E-state index contributed by atoms with van der Waals surface area (Å²) in [6.45, 7) is 3.45. The fourth-order valence-electron chi connectivity index (χ4n) is 3.95. The molecule has 0 spiro atoms. The lowest BCUT2D eigenvalue weighted by Gasteiger charge is -2.28. The van der Waals surface area contributed by atoms with E-state index < -0.39 is 6.10 Å². The average Bonchev–Trinajstić information content (AvgIpc) is 3.36. The van der Waals surface area contributed by atoms with Crippen LogP contribution in [0, 0.1) is 0 Å². The third-order valence-electron chi connectivity index (χ3n) is 5.32. The van der Waals surface area contributed by atoms with Crippen molar-refractivity contribution in [2.45, 2.75) is 31.9 Å². The van der Waals surface area contributed by atoms with E-state index in [4.69, 9.17) is 0 Å². The summed E-state index contributed by atoms with van der Waals surface area (Å²) in [7, 11) is 0. The van der Waals surface area contributed by atoms with Gasteiger partial charge in [0.1, 0.15) is 0 Å². The number of aromatic nitrogens is 1. The van der Waals surface area contributed by atoms with Crippen LogP contribution in [0.5, 0.6) is 0 Å². The number of hydrogen-bond acceptors (Lipinski definition) is 4. The van der Waals surface area contributed by atoms with E-state index in [1.54, 1.807) is 6.08 Å². The number of carbonyl (C=O) groups excluding carboxylic acids is 1. The van der Waals surface area contributed by atoms with Gasteiger partial charge in [-0.3, -0.25) is 4.79 Å². The number of likely N-dealkylation sites (tertiary alicyclic amines) is 1. The second-order valence-corrected chi connectivity index (χ2v) is 8.39. The van der Waals surface area contributed by atoms with Crippen LogP contribution in [0.4, 0.5) is 0 Å². The Morgan fingerprint density at radius 3 is 2.71 bits per heavy atom. The Balaban J connectivity index is 1.51. The van der Waals surface area contributed by atoms with Gasteiger partial charge in [-0.1, -0.05) is 30.7 Å². The fraction of sp³-hybridized carbons (Fsp3) is 0.348. The van der Waals surface area contributed by atoms with Crippen molar-refractivity contribution in [3.63, 3.8) is 0 Å². The molecule has 146 valence electrons. The SMILES string of the molecule is O=C(/C=C/c1cn(C[C@H](O)CN2CCCCC2)c2ccccc12)c1cccs1. The van der Waals surface area contributed by atoms with Gasteiger partial charge in [-0.25, -0.2) is 0 Å². The molecule has 0 amide bonds. The average molecular weight is 395 g/mol. The molecule has 2 aromatic heterocycles. The van der Waals surface area contributed by atoms with E-state index >= 15 is 0 Å². The van der Waals surface area contributed by atoms with Gasteiger partial charge in [-0.05, 0) is 55.6 Å². The molecule has 0 unspecified atom stereocenters.